The van der Waals surface area contributed by atoms with E-state index in [1.54, 1.807) is 23.9 Å². The number of aryl methyl sites for hydroxylation is 1. The summed E-state index contributed by atoms with van der Waals surface area (Å²) in [6, 6.07) is 12.9. The van der Waals surface area contributed by atoms with E-state index in [-0.39, 0.29) is 5.69 Å². The van der Waals surface area contributed by atoms with Crippen LogP contribution >= 0.6 is 11.8 Å². The van der Waals surface area contributed by atoms with E-state index in [9.17, 15) is 10.1 Å². The van der Waals surface area contributed by atoms with E-state index in [2.05, 4.69) is 56.1 Å². The lowest BCUT2D eigenvalue weighted by Crippen LogP contribution is -2.08. The average molecular weight is 427 g/mol. The number of nitrogens with zero attached hydrogens (tertiary/aromatic N) is 4. The number of hydrogen-bond donors (Lipinski definition) is 0. The molecule has 0 bridgehead atoms. The van der Waals surface area contributed by atoms with Gasteiger partial charge >= 0.3 is 0 Å². The molecule has 158 valence electrons. The molecule has 0 unspecified atom stereocenters. The van der Waals surface area contributed by atoms with E-state index in [1.165, 1.54) is 17.7 Å². The minimum absolute atomic E-state index is 0.0943. The maximum absolute atomic E-state index is 10.8. The maximum atomic E-state index is 10.8. The fraction of sp³-hybridized carbons (Fsp3) is 0.364. The molecule has 0 radical (unpaired) electrons. The van der Waals surface area contributed by atoms with Crippen LogP contribution in [0, 0.1) is 17.0 Å². The highest BCUT2D eigenvalue weighted by Crippen LogP contribution is 2.29. The van der Waals surface area contributed by atoms with Crippen molar-refractivity contribution >= 4 is 17.4 Å². The van der Waals surface area contributed by atoms with Crippen molar-refractivity contribution in [1.29, 1.82) is 0 Å². The molecule has 0 saturated heterocycles. The van der Waals surface area contributed by atoms with Gasteiger partial charge < -0.3 is 9.30 Å². The van der Waals surface area contributed by atoms with E-state index < -0.39 is 4.92 Å². The summed E-state index contributed by atoms with van der Waals surface area (Å²) >= 11 is 1.56. The summed E-state index contributed by atoms with van der Waals surface area (Å²) in [4.78, 5) is 10.4. The molecule has 0 amide bonds. The molecule has 1 heterocycles. The van der Waals surface area contributed by atoms with Gasteiger partial charge in [-0.1, -0.05) is 49.9 Å². The fourth-order valence-electron chi connectivity index (χ4n) is 3.10. The molecule has 1 aromatic heterocycles. The summed E-state index contributed by atoms with van der Waals surface area (Å²) in [5, 5.41) is 20.2. The molecule has 7 nitrogen and oxygen atoms in total. The number of hydrogen-bond acceptors (Lipinski definition) is 6. The van der Waals surface area contributed by atoms with Crippen molar-refractivity contribution in [1.82, 2.24) is 14.8 Å². The Kier molecular flexibility index (Phi) is 7.10. The Bertz CT molecular complexity index is 1020. The topological polar surface area (TPSA) is 83.1 Å². The Hall–Kier alpha value is -2.87. The van der Waals surface area contributed by atoms with Crippen molar-refractivity contribution in [2.24, 2.45) is 0 Å². The third-order valence-corrected chi connectivity index (χ3v) is 5.81. The first-order chi connectivity index (χ1) is 14.4. The van der Waals surface area contributed by atoms with Crippen LogP contribution in [0.15, 0.2) is 47.6 Å². The lowest BCUT2D eigenvalue weighted by Gasteiger charge is -2.15. The van der Waals surface area contributed by atoms with E-state index in [0.29, 0.717) is 18.3 Å². The molecule has 0 spiro atoms. The molecule has 0 aliphatic heterocycles. The van der Waals surface area contributed by atoms with E-state index in [4.69, 9.17) is 4.74 Å². The Balaban J connectivity index is 1.68. The zero-order valence-corrected chi connectivity index (χ0v) is 18.5. The molecule has 0 aliphatic rings. The van der Waals surface area contributed by atoms with Gasteiger partial charge in [0.25, 0.3) is 5.69 Å². The summed E-state index contributed by atoms with van der Waals surface area (Å²) < 4.78 is 8.17. The SMILES string of the molecule is CCn1c(COc2cc(C)ccc2C(C)C)nnc1SCc1ccc([N+](=O)[O-])cc1. The Labute approximate surface area is 180 Å². The van der Waals surface area contributed by atoms with Gasteiger partial charge in [-0.25, -0.2) is 0 Å². The molecule has 3 aromatic rings. The molecule has 0 fully saturated rings. The lowest BCUT2D eigenvalue weighted by atomic mass is 10.0. The number of non-ortho nitro benzene ring substituents is 1. The molecular formula is C22H26N4O3S. The van der Waals surface area contributed by atoms with Crippen molar-refractivity contribution in [2.75, 3.05) is 0 Å². The molecule has 0 saturated carbocycles. The van der Waals surface area contributed by atoms with E-state index >= 15 is 0 Å². The summed E-state index contributed by atoms with van der Waals surface area (Å²) in [7, 11) is 0. The minimum atomic E-state index is -0.393. The quantitative estimate of drug-likeness (QED) is 0.255. The maximum Gasteiger partial charge on any atom is 0.269 e. The third kappa shape index (κ3) is 5.18. The van der Waals surface area contributed by atoms with Gasteiger partial charge in [-0.05, 0) is 42.5 Å². The normalized spacial score (nSPS) is 11.1. The zero-order chi connectivity index (χ0) is 21.7. The van der Waals surface area contributed by atoms with E-state index in [1.807, 2.05) is 4.57 Å². The largest absolute Gasteiger partial charge is 0.485 e. The molecule has 0 atom stereocenters. The highest BCUT2D eigenvalue weighted by Gasteiger charge is 2.14. The first kappa shape index (κ1) is 21.8. The molecule has 0 N–H and O–H groups in total. The first-order valence-corrected chi connectivity index (χ1v) is 10.9. The highest BCUT2D eigenvalue weighted by molar-refractivity contribution is 7.98. The van der Waals surface area contributed by atoms with Crippen LogP contribution in [0.5, 0.6) is 5.75 Å². The standard InChI is InChI=1S/C22H26N4O3S/c1-5-25-21(13-29-20-12-16(4)6-11-19(20)15(2)3)23-24-22(25)30-14-17-7-9-18(10-8-17)26(27)28/h6-12,15H,5,13-14H2,1-4H3. The molecule has 30 heavy (non-hydrogen) atoms. The fourth-order valence-corrected chi connectivity index (χ4v) is 4.07. The van der Waals surface area contributed by atoms with Crippen LogP contribution < -0.4 is 4.74 Å². The second-order valence-corrected chi connectivity index (χ2v) is 8.28. The van der Waals surface area contributed by atoms with Crippen LogP contribution in [0.25, 0.3) is 0 Å². The van der Waals surface area contributed by atoms with Gasteiger partial charge in [0.15, 0.2) is 11.0 Å². The van der Waals surface area contributed by atoms with Gasteiger partial charge in [0, 0.05) is 24.4 Å². The van der Waals surface area contributed by atoms with E-state index in [0.717, 1.165) is 34.4 Å². The Morgan fingerprint density at radius 3 is 2.53 bits per heavy atom. The Morgan fingerprint density at radius 1 is 1.17 bits per heavy atom. The van der Waals surface area contributed by atoms with Crippen LogP contribution in [-0.4, -0.2) is 19.7 Å². The van der Waals surface area contributed by atoms with Crippen LogP contribution in [0.1, 0.15) is 49.2 Å². The number of rotatable bonds is 9. The van der Waals surface area contributed by atoms with Crippen LogP contribution in [0.4, 0.5) is 5.69 Å². The predicted octanol–water partition coefficient (Wildman–Crippen LogP) is 5.51. The lowest BCUT2D eigenvalue weighted by molar-refractivity contribution is -0.384. The summed E-state index contributed by atoms with van der Waals surface area (Å²) in [6.07, 6.45) is 0. The predicted molar refractivity (Wildman–Crippen MR) is 118 cm³/mol. The molecular weight excluding hydrogens is 400 g/mol. The average Bonchev–Trinajstić information content (AvgIpc) is 3.12. The van der Waals surface area contributed by atoms with Gasteiger partial charge in [-0.15, -0.1) is 10.2 Å². The summed E-state index contributed by atoms with van der Waals surface area (Å²) in [5.74, 6) is 2.69. The zero-order valence-electron chi connectivity index (χ0n) is 17.7. The summed E-state index contributed by atoms with van der Waals surface area (Å²) in [6.45, 7) is 9.49. The van der Waals surface area contributed by atoms with Gasteiger partial charge in [0.1, 0.15) is 12.4 Å². The van der Waals surface area contributed by atoms with Gasteiger partial charge in [0.2, 0.25) is 0 Å². The number of ether oxygens (including phenoxy) is 1. The van der Waals surface area contributed by atoms with Gasteiger partial charge in [-0.3, -0.25) is 10.1 Å². The van der Waals surface area contributed by atoms with Gasteiger partial charge in [-0.2, -0.15) is 0 Å². The molecule has 0 aliphatic carbocycles. The molecule has 2 aromatic carbocycles. The summed E-state index contributed by atoms with van der Waals surface area (Å²) in [5.41, 5.74) is 3.42. The van der Waals surface area contributed by atoms with Crippen molar-refractivity contribution in [2.45, 2.75) is 57.7 Å². The smallest absolute Gasteiger partial charge is 0.269 e. The second-order valence-electron chi connectivity index (χ2n) is 7.34. The van der Waals surface area contributed by atoms with Crippen molar-refractivity contribution in [3.63, 3.8) is 0 Å². The number of thioether (sulfide) groups is 1. The second kappa shape index (κ2) is 9.75. The number of nitro benzene ring substituents is 1. The van der Waals surface area contributed by atoms with Crippen LogP contribution in [0.3, 0.4) is 0 Å². The van der Waals surface area contributed by atoms with Crippen LogP contribution in [0.2, 0.25) is 0 Å². The number of nitro groups is 1. The van der Waals surface area contributed by atoms with Crippen LogP contribution in [-0.2, 0) is 18.9 Å². The molecule has 8 heteroatoms. The number of benzene rings is 2. The third-order valence-electron chi connectivity index (χ3n) is 4.77. The molecule has 3 rings (SSSR count). The van der Waals surface area contributed by atoms with Gasteiger partial charge in [0.05, 0.1) is 4.92 Å². The van der Waals surface area contributed by atoms with Crippen molar-refractivity contribution < 1.29 is 9.66 Å². The monoisotopic (exact) mass is 426 g/mol. The van der Waals surface area contributed by atoms with Crippen molar-refractivity contribution in [3.05, 3.63) is 75.1 Å². The number of aromatic nitrogens is 3. The Morgan fingerprint density at radius 2 is 1.90 bits per heavy atom. The minimum Gasteiger partial charge on any atom is -0.485 e. The van der Waals surface area contributed by atoms with Crippen molar-refractivity contribution in [3.8, 4) is 5.75 Å². The first-order valence-electron chi connectivity index (χ1n) is 9.90. The highest BCUT2D eigenvalue weighted by atomic mass is 32.2.